The van der Waals surface area contributed by atoms with Gasteiger partial charge < -0.3 is 10.0 Å². The molecule has 0 aromatic heterocycles. The van der Waals surface area contributed by atoms with Gasteiger partial charge in [0.25, 0.3) is 5.69 Å². The predicted octanol–water partition coefficient (Wildman–Crippen LogP) is 1.59. The fraction of sp³-hybridized carbons (Fsp3) is 0.600. The van der Waals surface area contributed by atoms with E-state index in [9.17, 15) is 23.6 Å². The number of nitro groups is 1. The fourth-order valence-corrected chi connectivity index (χ4v) is 4.44. The molecule has 0 saturated carbocycles. The van der Waals surface area contributed by atoms with E-state index < -0.39 is 21.1 Å². The van der Waals surface area contributed by atoms with Crippen LogP contribution in [0.4, 0.5) is 11.4 Å². The van der Waals surface area contributed by atoms with Crippen LogP contribution in [-0.4, -0.2) is 55.0 Å². The van der Waals surface area contributed by atoms with Crippen molar-refractivity contribution < 1.29 is 18.4 Å². The third kappa shape index (κ3) is 3.68. The lowest BCUT2D eigenvalue weighted by Crippen LogP contribution is -2.38. The molecule has 1 aliphatic rings. The van der Waals surface area contributed by atoms with Gasteiger partial charge in [-0.3, -0.25) is 10.1 Å². The maximum absolute atomic E-state index is 12.6. The summed E-state index contributed by atoms with van der Waals surface area (Å²) < 4.78 is 26.4. The minimum absolute atomic E-state index is 0.0841. The van der Waals surface area contributed by atoms with Gasteiger partial charge in [0.05, 0.1) is 15.9 Å². The van der Waals surface area contributed by atoms with E-state index in [-0.39, 0.29) is 10.6 Å². The van der Waals surface area contributed by atoms with Crippen LogP contribution < -0.4 is 4.90 Å². The number of aliphatic hydroxyl groups excluding tert-OH is 1. The van der Waals surface area contributed by atoms with Crippen LogP contribution in [0.3, 0.4) is 0 Å². The van der Waals surface area contributed by atoms with Crippen LogP contribution in [0.1, 0.15) is 26.7 Å². The molecule has 9 heteroatoms. The Labute approximate surface area is 141 Å². The summed E-state index contributed by atoms with van der Waals surface area (Å²) in [5, 5.41) is 21.2. The van der Waals surface area contributed by atoms with E-state index >= 15 is 0 Å². The molecule has 1 aromatic rings. The van der Waals surface area contributed by atoms with E-state index in [2.05, 4.69) is 0 Å². The van der Waals surface area contributed by atoms with E-state index in [1.807, 2.05) is 0 Å². The fourth-order valence-electron chi connectivity index (χ4n) is 2.96. The molecule has 8 nitrogen and oxygen atoms in total. The van der Waals surface area contributed by atoms with Crippen LogP contribution in [0.15, 0.2) is 23.1 Å². The molecule has 0 spiro atoms. The third-order valence-corrected chi connectivity index (χ3v) is 6.27. The maximum Gasteiger partial charge on any atom is 0.293 e. The van der Waals surface area contributed by atoms with Gasteiger partial charge in [-0.25, -0.2) is 8.42 Å². The molecular weight excluding hydrogens is 334 g/mol. The van der Waals surface area contributed by atoms with E-state index in [1.165, 1.54) is 16.4 Å². The molecule has 1 aromatic carbocycles. The molecule has 1 atom stereocenters. The van der Waals surface area contributed by atoms with Crippen molar-refractivity contribution in [2.24, 2.45) is 0 Å². The van der Waals surface area contributed by atoms with Crippen molar-refractivity contribution in [3.05, 3.63) is 28.3 Å². The molecule has 134 valence electrons. The SMILES string of the molecule is CCN(CC)S(=O)(=O)c1ccc(N2CCCC(O)C2)c([N+](=O)[O-])c1. The number of nitrogens with zero attached hydrogens (tertiary/aromatic N) is 3. The highest BCUT2D eigenvalue weighted by molar-refractivity contribution is 7.89. The van der Waals surface area contributed by atoms with Gasteiger partial charge in [-0.2, -0.15) is 4.31 Å². The Balaban J connectivity index is 2.45. The topological polar surface area (TPSA) is 104 Å². The van der Waals surface area contributed by atoms with Crippen molar-refractivity contribution >= 4 is 21.4 Å². The van der Waals surface area contributed by atoms with E-state index in [0.717, 1.165) is 12.5 Å². The molecular formula is C15H23N3O5S. The Morgan fingerprint density at radius 1 is 1.38 bits per heavy atom. The van der Waals surface area contributed by atoms with Crippen molar-refractivity contribution in [3.63, 3.8) is 0 Å². The first-order valence-corrected chi connectivity index (χ1v) is 9.46. The molecule has 0 radical (unpaired) electrons. The average molecular weight is 357 g/mol. The second kappa shape index (κ2) is 7.45. The van der Waals surface area contributed by atoms with E-state index in [1.54, 1.807) is 18.7 Å². The summed E-state index contributed by atoms with van der Waals surface area (Å²) in [6, 6.07) is 3.98. The molecule has 1 N–H and O–H groups in total. The average Bonchev–Trinajstić information content (AvgIpc) is 2.55. The molecule has 1 aliphatic heterocycles. The summed E-state index contributed by atoms with van der Waals surface area (Å²) in [4.78, 5) is 12.5. The number of β-amino-alcohol motifs (C(OH)–C–C–N with tert-alkyl or cyclic N) is 1. The number of hydrogen-bond acceptors (Lipinski definition) is 6. The number of nitro benzene ring substituents is 1. The van der Waals surface area contributed by atoms with Crippen LogP contribution in [-0.2, 0) is 10.0 Å². The van der Waals surface area contributed by atoms with Gasteiger partial charge in [-0.15, -0.1) is 0 Å². The second-order valence-corrected chi connectivity index (χ2v) is 7.68. The minimum Gasteiger partial charge on any atom is -0.391 e. The summed E-state index contributed by atoms with van der Waals surface area (Å²) in [7, 11) is -3.75. The Kier molecular flexibility index (Phi) is 5.79. The number of aliphatic hydroxyl groups is 1. The summed E-state index contributed by atoms with van der Waals surface area (Å²) in [6.45, 7) is 4.94. The quantitative estimate of drug-likeness (QED) is 0.612. The number of piperidine rings is 1. The van der Waals surface area contributed by atoms with Crippen molar-refractivity contribution in [1.29, 1.82) is 0 Å². The molecule has 0 aliphatic carbocycles. The van der Waals surface area contributed by atoms with Gasteiger partial charge >= 0.3 is 0 Å². The third-order valence-electron chi connectivity index (χ3n) is 4.22. The minimum atomic E-state index is -3.75. The first-order chi connectivity index (χ1) is 11.3. The summed E-state index contributed by atoms with van der Waals surface area (Å²) in [5.41, 5.74) is 0.0922. The molecule has 24 heavy (non-hydrogen) atoms. The molecule has 0 bridgehead atoms. The zero-order valence-corrected chi connectivity index (χ0v) is 14.7. The van der Waals surface area contributed by atoms with E-state index in [0.29, 0.717) is 38.3 Å². The van der Waals surface area contributed by atoms with Crippen molar-refractivity contribution in [3.8, 4) is 0 Å². The van der Waals surface area contributed by atoms with Gasteiger partial charge in [0.1, 0.15) is 5.69 Å². The Morgan fingerprint density at radius 2 is 2.04 bits per heavy atom. The number of anilines is 1. The largest absolute Gasteiger partial charge is 0.391 e. The van der Waals surface area contributed by atoms with Crippen LogP contribution in [0.25, 0.3) is 0 Å². The molecule has 1 heterocycles. The molecule has 0 amide bonds. The van der Waals surface area contributed by atoms with Gasteiger partial charge in [-0.05, 0) is 25.0 Å². The summed E-state index contributed by atoms with van der Waals surface area (Å²) in [6.07, 6.45) is 0.869. The number of rotatable bonds is 6. The Morgan fingerprint density at radius 3 is 2.58 bits per heavy atom. The zero-order valence-electron chi connectivity index (χ0n) is 13.9. The lowest BCUT2D eigenvalue weighted by molar-refractivity contribution is -0.384. The lowest BCUT2D eigenvalue weighted by atomic mass is 10.1. The molecule has 2 rings (SSSR count). The summed E-state index contributed by atoms with van der Waals surface area (Å²) >= 11 is 0. The zero-order chi connectivity index (χ0) is 17.9. The van der Waals surface area contributed by atoms with E-state index in [4.69, 9.17) is 0 Å². The molecule has 1 saturated heterocycles. The normalized spacial score (nSPS) is 18.8. The van der Waals surface area contributed by atoms with Crippen LogP contribution in [0, 0.1) is 10.1 Å². The molecule has 1 fully saturated rings. The highest BCUT2D eigenvalue weighted by Crippen LogP contribution is 2.33. The Hall–Kier alpha value is -1.71. The summed E-state index contributed by atoms with van der Waals surface area (Å²) in [5.74, 6) is 0. The van der Waals surface area contributed by atoms with Gasteiger partial charge in [0.15, 0.2) is 0 Å². The van der Waals surface area contributed by atoms with Crippen molar-refractivity contribution in [2.45, 2.75) is 37.7 Å². The maximum atomic E-state index is 12.6. The second-order valence-electron chi connectivity index (χ2n) is 5.74. The van der Waals surface area contributed by atoms with Crippen LogP contribution in [0.5, 0.6) is 0 Å². The van der Waals surface area contributed by atoms with Gasteiger partial charge in [0.2, 0.25) is 10.0 Å². The number of benzene rings is 1. The van der Waals surface area contributed by atoms with Gasteiger partial charge in [-0.1, -0.05) is 13.8 Å². The predicted molar refractivity (Wildman–Crippen MR) is 90.7 cm³/mol. The number of sulfonamides is 1. The lowest BCUT2D eigenvalue weighted by Gasteiger charge is -2.31. The van der Waals surface area contributed by atoms with Crippen molar-refractivity contribution in [2.75, 3.05) is 31.1 Å². The van der Waals surface area contributed by atoms with Crippen LogP contribution in [0.2, 0.25) is 0 Å². The van der Waals surface area contributed by atoms with Crippen molar-refractivity contribution in [1.82, 2.24) is 4.31 Å². The highest BCUT2D eigenvalue weighted by Gasteiger charge is 2.29. The number of hydrogen-bond donors (Lipinski definition) is 1. The van der Waals surface area contributed by atoms with Gasteiger partial charge in [0, 0.05) is 32.2 Å². The monoisotopic (exact) mass is 357 g/mol. The highest BCUT2D eigenvalue weighted by atomic mass is 32.2. The standard InChI is InChI=1S/C15H23N3O5S/c1-3-17(4-2)24(22,23)13-7-8-14(15(10-13)18(20)21)16-9-5-6-12(19)11-16/h7-8,10,12,19H,3-6,9,11H2,1-2H3. The molecule has 1 unspecified atom stereocenters. The smallest absolute Gasteiger partial charge is 0.293 e. The van der Waals surface area contributed by atoms with Crippen LogP contribution >= 0.6 is 0 Å². The Bertz CT molecular complexity index is 703. The first kappa shape index (κ1) is 18.6. The first-order valence-electron chi connectivity index (χ1n) is 8.02.